The number of fused-ring (bicyclic) bond motifs is 3. The van der Waals surface area contributed by atoms with Crippen molar-refractivity contribution in [3.63, 3.8) is 0 Å². The third-order valence-corrected chi connectivity index (χ3v) is 18.7. The zero-order chi connectivity index (χ0) is 17.6. The van der Waals surface area contributed by atoms with Crippen molar-refractivity contribution >= 4 is 8.89 Å². The first kappa shape index (κ1) is 17.2. The average molecular weight is 494 g/mol. The van der Waals surface area contributed by atoms with E-state index in [2.05, 4.69) is 82.3 Å². The summed E-state index contributed by atoms with van der Waals surface area (Å²) in [5.41, 5.74) is 9.31. The molecule has 0 radical (unpaired) electrons. The second-order valence-corrected chi connectivity index (χ2v) is 21.3. The summed E-state index contributed by atoms with van der Waals surface area (Å²) < 4.78 is 3.54. The molecular weight excluding hydrogens is 467 g/mol. The van der Waals surface area contributed by atoms with Crippen LogP contribution in [0.5, 0.6) is 0 Å². The molecule has 2 aromatic carbocycles. The van der Waals surface area contributed by atoms with Gasteiger partial charge in [-0.2, -0.15) is 0 Å². The van der Waals surface area contributed by atoms with Gasteiger partial charge in [-0.1, -0.05) is 0 Å². The van der Waals surface area contributed by atoms with Crippen molar-refractivity contribution < 1.29 is 21.4 Å². The first-order chi connectivity index (χ1) is 12.1. The number of rotatable bonds is 4. The summed E-state index contributed by atoms with van der Waals surface area (Å²) in [6.07, 6.45) is 9.13. The molecule has 0 fully saturated rings. The standard InChI is InChI=1S/C18H13.2C3H7.Hf/c1-2-6-13(5-1)14-9-10-18-16(11-14)12-15-7-3-4-8-17(15)18;2*1-3-2;/h1-5,7-10H,6,12H2;2*3H,1-2H3;. The van der Waals surface area contributed by atoms with E-state index in [9.17, 15) is 0 Å². The van der Waals surface area contributed by atoms with Gasteiger partial charge in [0.15, 0.2) is 0 Å². The summed E-state index contributed by atoms with van der Waals surface area (Å²) in [4.78, 5) is 0. The molecule has 2 aliphatic rings. The number of benzene rings is 2. The quantitative estimate of drug-likeness (QED) is 0.364. The van der Waals surface area contributed by atoms with E-state index < -0.39 is 21.4 Å². The van der Waals surface area contributed by atoms with Crippen molar-refractivity contribution in [3.8, 4) is 11.1 Å². The molecule has 127 valence electrons. The van der Waals surface area contributed by atoms with E-state index >= 15 is 0 Å². The molecule has 0 spiro atoms. The Morgan fingerprint density at radius 2 is 1.56 bits per heavy atom. The van der Waals surface area contributed by atoms with Crippen LogP contribution in [0.2, 0.25) is 7.35 Å². The Kier molecular flexibility index (Phi) is 4.71. The van der Waals surface area contributed by atoms with Gasteiger partial charge < -0.3 is 0 Å². The van der Waals surface area contributed by atoms with Crippen LogP contribution in [-0.4, -0.2) is 0 Å². The summed E-state index contributed by atoms with van der Waals surface area (Å²) in [6.45, 7) is 9.92. The van der Waals surface area contributed by atoms with Gasteiger partial charge in [0.05, 0.1) is 0 Å². The SMILES string of the molecule is C[CH](C)[Hf]([c]1c(C2=CC=CC2)ccc2c1Cc1ccccc1-2)[CH](C)C. The number of allylic oxidation sites excluding steroid dienone is 4. The van der Waals surface area contributed by atoms with E-state index in [0.717, 1.165) is 20.2 Å². The molecule has 0 N–H and O–H groups in total. The van der Waals surface area contributed by atoms with Gasteiger partial charge in [0.25, 0.3) is 0 Å². The fraction of sp³-hybridized carbons (Fsp3) is 0.333. The fourth-order valence-electron chi connectivity index (χ4n) is 4.70. The summed E-state index contributed by atoms with van der Waals surface area (Å²) >= 11 is -1.97. The molecule has 4 rings (SSSR count). The average Bonchev–Trinajstić information content (AvgIpc) is 3.22. The Hall–Kier alpha value is -1.21. The molecule has 0 heterocycles. The van der Waals surface area contributed by atoms with Crippen LogP contribution in [0.4, 0.5) is 0 Å². The molecule has 0 unspecified atom stereocenters. The third-order valence-electron chi connectivity index (χ3n) is 5.64. The fourth-order valence-corrected chi connectivity index (χ4v) is 17.7. The second-order valence-electron chi connectivity index (χ2n) is 7.94. The van der Waals surface area contributed by atoms with Crippen LogP contribution in [0.1, 0.15) is 50.8 Å². The van der Waals surface area contributed by atoms with E-state index in [4.69, 9.17) is 0 Å². The van der Waals surface area contributed by atoms with E-state index in [1.807, 2.05) is 3.32 Å². The van der Waals surface area contributed by atoms with Crippen molar-refractivity contribution in [1.82, 2.24) is 0 Å². The van der Waals surface area contributed by atoms with Gasteiger partial charge in [0, 0.05) is 0 Å². The Balaban J connectivity index is 1.95. The van der Waals surface area contributed by atoms with Gasteiger partial charge in [-0.15, -0.1) is 0 Å². The topological polar surface area (TPSA) is 0 Å². The summed E-state index contributed by atoms with van der Waals surface area (Å²) in [6, 6.07) is 13.9. The van der Waals surface area contributed by atoms with Gasteiger partial charge in [0.1, 0.15) is 0 Å². The molecule has 25 heavy (non-hydrogen) atoms. The molecule has 0 aliphatic heterocycles. The minimum atomic E-state index is -1.97. The van der Waals surface area contributed by atoms with Crippen molar-refractivity contribution in [3.05, 3.63) is 71.3 Å². The molecule has 0 aromatic heterocycles. The first-order valence-corrected chi connectivity index (χ1v) is 15.5. The molecule has 0 saturated carbocycles. The number of hydrogen-bond acceptors (Lipinski definition) is 0. The van der Waals surface area contributed by atoms with Gasteiger partial charge in [0.2, 0.25) is 0 Å². The third kappa shape index (κ3) is 2.95. The summed E-state index contributed by atoms with van der Waals surface area (Å²) in [7, 11) is 0. The molecule has 0 bridgehead atoms. The summed E-state index contributed by atoms with van der Waals surface area (Å²) in [5.74, 6) is 0. The van der Waals surface area contributed by atoms with Crippen LogP contribution < -0.4 is 3.32 Å². The maximum atomic E-state index is 2.48. The molecule has 0 nitrogen and oxygen atoms in total. The Morgan fingerprint density at radius 3 is 2.24 bits per heavy atom. The van der Waals surface area contributed by atoms with Gasteiger partial charge in [-0.25, -0.2) is 0 Å². The zero-order valence-corrected chi connectivity index (χ0v) is 19.4. The monoisotopic (exact) mass is 495 g/mol. The molecule has 0 saturated heterocycles. The normalized spacial score (nSPS) is 14.9. The molecule has 2 aliphatic carbocycles. The zero-order valence-electron chi connectivity index (χ0n) is 15.8. The molecule has 0 atom stereocenters. The Bertz CT molecular complexity index is 860. The number of hydrogen-bond donors (Lipinski definition) is 0. The van der Waals surface area contributed by atoms with Crippen molar-refractivity contribution in [2.24, 2.45) is 0 Å². The van der Waals surface area contributed by atoms with Crippen molar-refractivity contribution in [1.29, 1.82) is 0 Å². The first-order valence-electron chi connectivity index (χ1n) is 9.55. The van der Waals surface area contributed by atoms with Gasteiger partial charge in [-0.05, 0) is 0 Å². The van der Waals surface area contributed by atoms with Crippen LogP contribution in [0, 0.1) is 0 Å². The van der Waals surface area contributed by atoms with Gasteiger partial charge in [-0.3, -0.25) is 0 Å². The summed E-state index contributed by atoms with van der Waals surface area (Å²) in [5, 5.41) is 0. The van der Waals surface area contributed by atoms with E-state index in [-0.39, 0.29) is 0 Å². The van der Waals surface area contributed by atoms with Crippen LogP contribution >= 0.6 is 0 Å². The predicted molar refractivity (Wildman–Crippen MR) is 106 cm³/mol. The maximum absolute atomic E-state index is 2.48. The predicted octanol–water partition coefficient (Wildman–Crippen LogP) is 6.50. The second kappa shape index (κ2) is 6.83. The molecule has 2 aromatic rings. The van der Waals surface area contributed by atoms with Crippen LogP contribution in [0.3, 0.4) is 0 Å². The Labute approximate surface area is 160 Å². The van der Waals surface area contributed by atoms with Crippen LogP contribution in [0.25, 0.3) is 16.7 Å². The van der Waals surface area contributed by atoms with E-state index in [1.54, 1.807) is 11.1 Å². The molecular formula is C24H27Hf. The van der Waals surface area contributed by atoms with Crippen LogP contribution in [0.15, 0.2) is 54.6 Å². The van der Waals surface area contributed by atoms with Crippen molar-refractivity contribution in [2.75, 3.05) is 0 Å². The Morgan fingerprint density at radius 1 is 0.840 bits per heavy atom. The van der Waals surface area contributed by atoms with E-state index in [1.165, 1.54) is 22.3 Å². The molecule has 0 amide bonds. The molecule has 1 heteroatoms. The van der Waals surface area contributed by atoms with Crippen LogP contribution in [-0.2, 0) is 27.9 Å². The van der Waals surface area contributed by atoms with Crippen molar-refractivity contribution in [2.45, 2.75) is 47.9 Å². The van der Waals surface area contributed by atoms with E-state index in [0.29, 0.717) is 0 Å². The van der Waals surface area contributed by atoms with Gasteiger partial charge >= 0.3 is 161 Å². The minimum absolute atomic E-state index is 0.855.